The van der Waals surface area contributed by atoms with E-state index in [0.717, 1.165) is 50.0 Å². The molecule has 0 aromatic carbocycles. The second kappa shape index (κ2) is 21.2. The van der Waals surface area contributed by atoms with Crippen molar-refractivity contribution in [1.82, 2.24) is 35.8 Å². The topological polar surface area (TPSA) is 193 Å². The molecule has 5 atom stereocenters. The van der Waals surface area contributed by atoms with Crippen LogP contribution >= 0.6 is 11.3 Å². The van der Waals surface area contributed by atoms with Crippen molar-refractivity contribution in [2.45, 2.75) is 122 Å². The number of ether oxygens (including phenoxy) is 1. The SMILES string of the molecule is CNCCCCCC(=O)N[C@@H](CC1CC1)C(=O)N(C)[C@H](C[C@@H](OC(C)=O)c1nc(C(=O)N[C@@H](Cc2ncc(C(F)(F)F)cn2)C[C@H](C)C(=O)O)cs1)C(C)C. The third-order valence-electron chi connectivity index (χ3n) is 9.49. The van der Waals surface area contributed by atoms with E-state index in [4.69, 9.17) is 4.74 Å². The van der Waals surface area contributed by atoms with Gasteiger partial charge >= 0.3 is 18.1 Å². The number of thiazole rings is 1. The molecule has 306 valence electrons. The largest absolute Gasteiger partial charge is 0.481 e. The van der Waals surface area contributed by atoms with Crippen LogP contribution < -0.4 is 16.0 Å². The minimum absolute atomic E-state index is 0.0257. The monoisotopic (exact) mass is 797 g/mol. The summed E-state index contributed by atoms with van der Waals surface area (Å²) in [7, 11) is 3.55. The van der Waals surface area contributed by atoms with Crippen LogP contribution in [0.2, 0.25) is 0 Å². The predicted octanol–water partition coefficient (Wildman–Crippen LogP) is 4.95. The van der Waals surface area contributed by atoms with Gasteiger partial charge in [-0.25, -0.2) is 15.0 Å². The van der Waals surface area contributed by atoms with Crippen LogP contribution in [0.3, 0.4) is 0 Å². The number of carbonyl (C=O) groups is 5. The summed E-state index contributed by atoms with van der Waals surface area (Å²) in [4.78, 5) is 77.8. The predicted molar refractivity (Wildman–Crippen MR) is 198 cm³/mol. The molecule has 3 amide bonds. The molecule has 18 heteroatoms. The van der Waals surface area contributed by atoms with Crippen molar-refractivity contribution in [2.75, 3.05) is 20.6 Å². The van der Waals surface area contributed by atoms with E-state index in [2.05, 4.69) is 30.9 Å². The lowest BCUT2D eigenvalue weighted by atomic mass is 9.95. The van der Waals surface area contributed by atoms with Crippen LogP contribution in [-0.2, 0) is 36.5 Å². The van der Waals surface area contributed by atoms with Crippen molar-refractivity contribution >= 4 is 41.0 Å². The van der Waals surface area contributed by atoms with E-state index in [1.54, 1.807) is 11.9 Å². The van der Waals surface area contributed by atoms with Gasteiger partial charge in [-0.3, -0.25) is 24.0 Å². The van der Waals surface area contributed by atoms with Gasteiger partial charge in [0.15, 0.2) is 6.10 Å². The highest BCUT2D eigenvalue weighted by Crippen LogP contribution is 2.35. The second-order valence-electron chi connectivity index (χ2n) is 14.6. The molecule has 55 heavy (non-hydrogen) atoms. The Balaban J connectivity index is 1.76. The molecule has 1 saturated carbocycles. The molecule has 1 aliphatic rings. The van der Waals surface area contributed by atoms with Crippen LogP contribution in [0.1, 0.15) is 118 Å². The van der Waals surface area contributed by atoms with Crippen LogP contribution in [0.15, 0.2) is 17.8 Å². The first-order chi connectivity index (χ1) is 25.9. The number of alkyl halides is 3. The van der Waals surface area contributed by atoms with Crippen molar-refractivity contribution in [3.05, 3.63) is 39.9 Å². The van der Waals surface area contributed by atoms with Crippen LogP contribution in [0, 0.1) is 17.8 Å². The molecule has 2 heterocycles. The number of unbranched alkanes of at least 4 members (excludes halogenated alkanes) is 2. The Labute approximate surface area is 323 Å². The first-order valence-electron chi connectivity index (χ1n) is 18.6. The van der Waals surface area contributed by atoms with Gasteiger partial charge in [-0.2, -0.15) is 13.2 Å². The van der Waals surface area contributed by atoms with Crippen LogP contribution in [0.5, 0.6) is 0 Å². The molecule has 0 bridgehead atoms. The lowest BCUT2D eigenvalue weighted by Gasteiger charge is -2.35. The molecule has 2 aromatic rings. The number of nitrogens with one attached hydrogen (secondary N) is 3. The van der Waals surface area contributed by atoms with Gasteiger partial charge in [-0.1, -0.05) is 40.0 Å². The van der Waals surface area contributed by atoms with Crippen molar-refractivity contribution in [1.29, 1.82) is 0 Å². The molecule has 4 N–H and O–H groups in total. The highest BCUT2D eigenvalue weighted by Gasteiger charge is 2.37. The van der Waals surface area contributed by atoms with Gasteiger partial charge in [0.1, 0.15) is 22.6 Å². The summed E-state index contributed by atoms with van der Waals surface area (Å²) >= 11 is 1.06. The summed E-state index contributed by atoms with van der Waals surface area (Å²) in [6.45, 7) is 7.40. The van der Waals surface area contributed by atoms with Crippen molar-refractivity contribution < 1.29 is 47.0 Å². The molecular weight excluding hydrogens is 744 g/mol. The van der Waals surface area contributed by atoms with Crippen molar-refractivity contribution in [2.24, 2.45) is 17.8 Å². The number of likely N-dealkylation sites (N-methyl/N-ethyl adjacent to an activating group) is 1. The molecule has 0 saturated heterocycles. The molecule has 0 unspecified atom stereocenters. The van der Waals surface area contributed by atoms with Gasteiger partial charge in [0.05, 0.1) is 11.5 Å². The summed E-state index contributed by atoms with van der Waals surface area (Å²) in [5.74, 6) is -3.53. The number of carbonyl (C=O) groups excluding carboxylic acids is 4. The fraction of sp³-hybridized carbons (Fsp3) is 0.676. The Kier molecular flexibility index (Phi) is 17.4. The fourth-order valence-corrected chi connectivity index (χ4v) is 7.03. The smallest absolute Gasteiger partial charge is 0.419 e. The van der Waals surface area contributed by atoms with Crippen molar-refractivity contribution in [3.8, 4) is 0 Å². The number of amides is 3. The number of hydrogen-bond acceptors (Lipinski definition) is 11. The summed E-state index contributed by atoms with van der Waals surface area (Å²) in [5, 5.41) is 20.0. The van der Waals surface area contributed by atoms with E-state index < -0.39 is 59.7 Å². The molecule has 0 spiro atoms. The van der Waals surface area contributed by atoms with Crippen molar-refractivity contribution in [3.63, 3.8) is 0 Å². The molecule has 3 rings (SSSR count). The molecular formula is C37H54F3N7O7S. The van der Waals surface area contributed by atoms with Gasteiger partial charge < -0.3 is 30.7 Å². The standard InChI is InChI=1S/C37H54F3N7O7S/c1-21(2)29(47(6)35(51)27(15-24-11-12-24)45-32(49)10-8-7-9-13-41-5)17-30(54-23(4)48)34-46-28(20-55-34)33(50)44-26(14-22(3)36(52)53)16-31-42-18-25(19-43-31)37(38,39)40/h18-22,24,26-27,29-30,41H,7-17H2,1-6H3,(H,44,50)(H,45,49)(H,52,53)/t22-,26+,27-,29+,30+/m0/s1. The Hall–Kier alpha value is -4.19. The van der Waals surface area contributed by atoms with E-state index in [1.165, 1.54) is 19.2 Å². The van der Waals surface area contributed by atoms with E-state index in [1.807, 2.05) is 20.9 Å². The van der Waals surface area contributed by atoms with Gasteiger partial charge in [0.2, 0.25) is 11.8 Å². The maximum Gasteiger partial charge on any atom is 0.419 e. The lowest BCUT2D eigenvalue weighted by Crippen LogP contribution is -2.52. The van der Waals surface area contributed by atoms with Crippen LogP contribution in [0.4, 0.5) is 13.2 Å². The summed E-state index contributed by atoms with van der Waals surface area (Å²) in [5.41, 5.74) is -1.10. The fourth-order valence-electron chi connectivity index (χ4n) is 6.19. The zero-order valence-corrected chi connectivity index (χ0v) is 33.1. The molecule has 14 nitrogen and oxygen atoms in total. The molecule has 0 aliphatic heterocycles. The maximum atomic E-state index is 14.0. The number of carboxylic acids is 1. The van der Waals surface area contributed by atoms with E-state index in [0.29, 0.717) is 31.2 Å². The summed E-state index contributed by atoms with van der Waals surface area (Å²) < 4.78 is 44.8. The number of esters is 1. The Morgan fingerprint density at radius 1 is 1.04 bits per heavy atom. The van der Waals surface area contributed by atoms with Crippen LogP contribution in [0.25, 0.3) is 0 Å². The Bertz CT molecular complexity index is 1590. The number of hydrogen-bond donors (Lipinski definition) is 4. The molecule has 1 fully saturated rings. The molecule has 2 aromatic heterocycles. The summed E-state index contributed by atoms with van der Waals surface area (Å²) in [6.07, 6.45) is 1.01. The maximum absolute atomic E-state index is 14.0. The number of nitrogens with zero attached hydrogens (tertiary/aromatic N) is 4. The highest BCUT2D eigenvalue weighted by atomic mass is 32.1. The average molecular weight is 798 g/mol. The zero-order valence-electron chi connectivity index (χ0n) is 32.3. The first-order valence-corrected chi connectivity index (χ1v) is 19.5. The Morgan fingerprint density at radius 2 is 1.71 bits per heavy atom. The minimum Gasteiger partial charge on any atom is -0.481 e. The van der Waals surface area contributed by atoms with Gasteiger partial charge in [0, 0.05) is 63.1 Å². The van der Waals surface area contributed by atoms with Crippen LogP contribution in [-0.4, -0.2) is 93.4 Å². The van der Waals surface area contributed by atoms with Gasteiger partial charge in [0.25, 0.3) is 5.91 Å². The first kappa shape index (κ1) is 45.2. The zero-order chi connectivity index (χ0) is 40.9. The average Bonchev–Trinajstić information content (AvgIpc) is 3.79. The second-order valence-corrected chi connectivity index (χ2v) is 15.5. The number of carboxylic acid groups (broad SMARTS) is 1. The summed E-state index contributed by atoms with van der Waals surface area (Å²) in [6, 6.07) is -2.03. The Morgan fingerprint density at radius 3 is 2.27 bits per heavy atom. The number of halogens is 3. The highest BCUT2D eigenvalue weighted by molar-refractivity contribution is 7.09. The van der Waals surface area contributed by atoms with E-state index >= 15 is 0 Å². The van der Waals surface area contributed by atoms with E-state index in [-0.39, 0.29) is 53.5 Å². The number of aromatic nitrogens is 3. The normalized spacial score (nSPS) is 15.7. The van der Waals surface area contributed by atoms with E-state index in [9.17, 15) is 42.3 Å². The molecule has 0 radical (unpaired) electrons. The number of rotatable bonds is 23. The van der Waals surface area contributed by atoms with Gasteiger partial charge in [-0.05, 0) is 51.1 Å². The molecule has 1 aliphatic carbocycles. The quantitative estimate of drug-likeness (QED) is 0.0879. The third kappa shape index (κ3) is 15.1. The number of aliphatic carboxylic acids is 1. The van der Waals surface area contributed by atoms with Gasteiger partial charge in [-0.15, -0.1) is 11.3 Å². The third-order valence-corrected chi connectivity index (χ3v) is 10.4. The lowest BCUT2D eigenvalue weighted by molar-refractivity contribution is -0.149. The minimum atomic E-state index is -4.64.